The largest absolute Gasteiger partial charge is 0.439 e. The van der Waals surface area contributed by atoms with Crippen molar-refractivity contribution in [2.24, 2.45) is 7.05 Å². The highest BCUT2D eigenvalue weighted by molar-refractivity contribution is 5.76. The van der Waals surface area contributed by atoms with E-state index in [1.807, 2.05) is 6.92 Å². The first-order valence-electron chi connectivity index (χ1n) is 6.64. The van der Waals surface area contributed by atoms with Crippen LogP contribution in [0.25, 0.3) is 11.1 Å². The standard InChI is InChI=1S/C16H13FN4O/c1-10-15(14-9-19-8-11(14)7-18)16(21(2)20-10)22-13-5-3-12(17)4-6-13/h3-6,8-9,19H,1-2H3. The van der Waals surface area contributed by atoms with Crippen LogP contribution in [0.15, 0.2) is 36.7 Å². The summed E-state index contributed by atoms with van der Waals surface area (Å²) in [5.74, 6) is 0.672. The average molecular weight is 296 g/mol. The molecule has 0 saturated carbocycles. The van der Waals surface area contributed by atoms with Crippen molar-refractivity contribution in [3.05, 3.63) is 53.7 Å². The number of ether oxygens (including phenoxy) is 1. The number of aromatic nitrogens is 3. The van der Waals surface area contributed by atoms with Crippen molar-refractivity contribution in [1.82, 2.24) is 14.8 Å². The van der Waals surface area contributed by atoms with E-state index >= 15 is 0 Å². The zero-order chi connectivity index (χ0) is 15.7. The average Bonchev–Trinajstić information content (AvgIpc) is 3.06. The van der Waals surface area contributed by atoms with Gasteiger partial charge >= 0.3 is 0 Å². The molecular weight excluding hydrogens is 283 g/mol. The van der Waals surface area contributed by atoms with Gasteiger partial charge in [-0.05, 0) is 31.2 Å². The summed E-state index contributed by atoms with van der Waals surface area (Å²) in [7, 11) is 1.76. The normalized spacial score (nSPS) is 10.5. The predicted octanol–water partition coefficient (Wildman–Crippen LogP) is 3.53. The summed E-state index contributed by atoms with van der Waals surface area (Å²) in [6.45, 7) is 1.85. The number of benzene rings is 1. The number of nitriles is 1. The van der Waals surface area contributed by atoms with Gasteiger partial charge in [0.15, 0.2) is 0 Å². The molecule has 1 aromatic carbocycles. The van der Waals surface area contributed by atoms with Crippen molar-refractivity contribution in [3.8, 4) is 28.8 Å². The van der Waals surface area contributed by atoms with E-state index in [1.165, 1.54) is 12.1 Å². The van der Waals surface area contributed by atoms with Crippen LogP contribution in [0.3, 0.4) is 0 Å². The molecule has 22 heavy (non-hydrogen) atoms. The van der Waals surface area contributed by atoms with E-state index in [-0.39, 0.29) is 5.82 Å². The second kappa shape index (κ2) is 5.37. The molecule has 0 aliphatic heterocycles. The minimum Gasteiger partial charge on any atom is -0.439 e. The Morgan fingerprint density at radius 1 is 1.27 bits per heavy atom. The maximum atomic E-state index is 13.0. The van der Waals surface area contributed by atoms with Gasteiger partial charge in [0.2, 0.25) is 5.88 Å². The Morgan fingerprint density at radius 3 is 2.68 bits per heavy atom. The first-order valence-corrected chi connectivity index (χ1v) is 6.64. The molecule has 1 N–H and O–H groups in total. The summed E-state index contributed by atoms with van der Waals surface area (Å²) < 4.78 is 20.4. The fourth-order valence-corrected chi connectivity index (χ4v) is 2.34. The first kappa shape index (κ1) is 13.9. The lowest BCUT2D eigenvalue weighted by molar-refractivity contribution is 0.431. The number of halogens is 1. The lowest BCUT2D eigenvalue weighted by Gasteiger charge is -2.08. The summed E-state index contributed by atoms with van der Waals surface area (Å²) >= 11 is 0. The fourth-order valence-electron chi connectivity index (χ4n) is 2.34. The number of rotatable bonds is 3. The molecule has 0 unspecified atom stereocenters. The van der Waals surface area contributed by atoms with Crippen LogP contribution in [-0.2, 0) is 7.05 Å². The minimum atomic E-state index is -0.328. The molecule has 0 spiro atoms. The maximum absolute atomic E-state index is 13.0. The molecule has 2 heterocycles. The van der Waals surface area contributed by atoms with Crippen LogP contribution >= 0.6 is 0 Å². The van der Waals surface area contributed by atoms with E-state index in [1.54, 1.807) is 36.3 Å². The number of hydrogen-bond acceptors (Lipinski definition) is 3. The first-order chi connectivity index (χ1) is 10.6. The Bertz CT molecular complexity index is 855. The molecule has 0 saturated heterocycles. The lowest BCUT2D eigenvalue weighted by atomic mass is 10.1. The maximum Gasteiger partial charge on any atom is 0.225 e. The molecule has 5 nitrogen and oxygen atoms in total. The molecule has 3 rings (SSSR count). The number of aromatic amines is 1. The molecule has 0 bridgehead atoms. The van der Waals surface area contributed by atoms with Crippen molar-refractivity contribution in [2.45, 2.75) is 6.92 Å². The molecule has 0 amide bonds. The third kappa shape index (κ3) is 2.33. The third-order valence-corrected chi connectivity index (χ3v) is 3.33. The highest BCUT2D eigenvalue weighted by Gasteiger charge is 2.20. The summed E-state index contributed by atoms with van der Waals surface area (Å²) in [6, 6.07) is 7.88. The molecule has 0 fully saturated rings. The van der Waals surface area contributed by atoms with Crippen LogP contribution in [0.2, 0.25) is 0 Å². The lowest BCUT2D eigenvalue weighted by Crippen LogP contribution is -1.96. The summed E-state index contributed by atoms with van der Waals surface area (Å²) in [5, 5.41) is 13.5. The Kier molecular flexibility index (Phi) is 3.39. The van der Waals surface area contributed by atoms with E-state index < -0.39 is 0 Å². The smallest absolute Gasteiger partial charge is 0.225 e. The van der Waals surface area contributed by atoms with Crippen LogP contribution in [0.5, 0.6) is 11.6 Å². The molecule has 0 atom stereocenters. The Morgan fingerprint density at radius 2 is 2.00 bits per heavy atom. The van der Waals surface area contributed by atoms with Gasteiger partial charge < -0.3 is 9.72 Å². The van der Waals surface area contributed by atoms with E-state index in [2.05, 4.69) is 16.2 Å². The van der Waals surface area contributed by atoms with Gasteiger partial charge in [0, 0.05) is 25.0 Å². The predicted molar refractivity (Wildman–Crippen MR) is 78.9 cm³/mol. The summed E-state index contributed by atoms with van der Waals surface area (Å²) in [5.41, 5.74) is 2.73. The van der Waals surface area contributed by atoms with Crippen LogP contribution in [0.1, 0.15) is 11.3 Å². The van der Waals surface area contributed by atoms with Crippen molar-refractivity contribution < 1.29 is 9.13 Å². The number of aryl methyl sites for hydroxylation is 2. The van der Waals surface area contributed by atoms with Gasteiger partial charge in [0.1, 0.15) is 17.6 Å². The van der Waals surface area contributed by atoms with Gasteiger partial charge in [-0.2, -0.15) is 10.4 Å². The SMILES string of the molecule is Cc1nn(C)c(Oc2ccc(F)cc2)c1-c1c[nH]cc1C#N. The van der Waals surface area contributed by atoms with E-state index in [0.717, 1.165) is 16.8 Å². The van der Waals surface area contributed by atoms with Crippen LogP contribution < -0.4 is 4.74 Å². The van der Waals surface area contributed by atoms with Crippen molar-refractivity contribution in [2.75, 3.05) is 0 Å². The highest BCUT2D eigenvalue weighted by atomic mass is 19.1. The van der Waals surface area contributed by atoms with Crippen LogP contribution in [-0.4, -0.2) is 14.8 Å². The van der Waals surface area contributed by atoms with E-state index in [0.29, 0.717) is 17.2 Å². The van der Waals surface area contributed by atoms with Gasteiger partial charge in [0.25, 0.3) is 0 Å². The van der Waals surface area contributed by atoms with E-state index in [9.17, 15) is 9.65 Å². The second-order valence-electron chi connectivity index (χ2n) is 4.84. The monoisotopic (exact) mass is 296 g/mol. The Labute approximate surface area is 126 Å². The van der Waals surface area contributed by atoms with E-state index in [4.69, 9.17) is 4.74 Å². The zero-order valence-corrected chi connectivity index (χ0v) is 12.1. The second-order valence-corrected chi connectivity index (χ2v) is 4.84. The number of H-pyrrole nitrogens is 1. The topological polar surface area (TPSA) is 66.6 Å². The molecule has 3 aromatic rings. The highest BCUT2D eigenvalue weighted by Crippen LogP contribution is 2.37. The molecule has 110 valence electrons. The number of nitrogens with zero attached hydrogens (tertiary/aromatic N) is 3. The molecule has 2 aromatic heterocycles. The molecule has 0 aliphatic carbocycles. The van der Waals surface area contributed by atoms with Crippen molar-refractivity contribution >= 4 is 0 Å². The fraction of sp³-hybridized carbons (Fsp3) is 0.125. The van der Waals surface area contributed by atoms with Gasteiger partial charge in [-0.25, -0.2) is 9.07 Å². The van der Waals surface area contributed by atoms with Gasteiger partial charge in [-0.15, -0.1) is 0 Å². The minimum absolute atomic E-state index is 0.328. The molecule has 0 radical (unpaired) electrons. The zero-order valence-electron chi connectivity index (χ0n) is 12.1. The van der Waals surface area contributed by atoms with Crippen molar-refractivity contribution in [3.63, 3.8) is 0 Å². The summed E-state index contributed by atoms with van der Waals surface area (Å²) in [6.07, 6.45) is 3.36. The molecule has 6 heteroatoms. The number of nitrogens with one attached hydrogen (secondary N) is 1. The van der Waals surface area contributed by atoms with Gasteiger partial charge in [-0.3, -0.25) is 0 Å². The van der Waals surface area contributed by atoms with Crippen molar-refractivity contribution in [1.29, 1.82) is 5.26 Å². The molecule has 0 aliphatic rings. The Hall–Kier alpha value is -3.07. The van der Waals surface area contributed by atoms with Gasteiger partial charge in [0.05, 0.1) is 16.8 Å². The Balaban J connectivity index is 2.09. The quantitative estimate of drug-likeness (QED) is 0.804. The molecular formula is C16H13FN4O. The summed E-state index contributed by atoms with van der Waals surface area (Å²) in [4.78, 5) is 2.92. The van der Waals surface area contributed by atoms with Crippen LogP contribution in [0, 0.1) is 24.1 Å². The third-order valence-electron chi connectivity index (χ3n) is 3.33. The van der Waals surface area contributed by atoms with Gasteiger partial charge in [-0.1, -0.05) is 0 Å². The van der Waals surface area contributed by atoms with Crippen LogP contribution in [0.4, 0.5) is 4.39 Å². The number of hydrogen-bond donors (Lipinski definition) is 1.